The second kappa shape index (κ2) is 59.7. The van der Waals surface area contributed by atoms with Crippen LogP contribution in [0, 0.1) is 0 Å². The maximum absolute atomic E-state index is 12.5. The van der Waals surface area contributed by atoms with Crippen molar-refractivity contribution in [3.8, 4) is 0 Å². The maximum atomic E-state index is 12.5. The first kappa shape index (κ1) is 66.4. The molecule has 0 radical (unpaired) electrons. The Balaban J connectivity index is 3.37. The van der Waals surface area contributed by atoms with Crippen LogP contribution in [-0.2, 0) is 4.79 Å². The van der Waals surface area contributed by atoms with E-state index in [1.54, 1.807) is 0 Å². The van der Waals surface area contributed by atoms with Crippen molar-refractivity contribution in [2.45, 2.75) is 392 Å². The molecule has 0 fully saturated rings. The predicted octanol–water partition coefficient (Wildman–Crippen LogP) is 21.1. The van der Waals surface area contributed by atoms with Gasteiger partial charge in [0.2, 0.25) is 5.91 Å². The van der Waals surface area contributed by atoms with E-state index in [9.17, 15) is 15.0 Å². The molecule has 402 valence electrons. The zero-order valence-corrected chi connectivity index (χ0v) is 46.5. The molecule has 4 nitrogen and oxygen atoms in total. The fourth-order valence-electron chi connectivity index (χ4n) is 10.5. The van der Waals surface area contributed by atoms with E-state index in [-0.39, 0.29) is 12.5 Å². The molecule has 0 rings (SSSR count). The van der Waals surface area contributed by atoms with Gasteiger partial charge in [0.25, 0.3) is 0 Å². The Hall–Kier alpha value is -0.610. The van der Waals surface area contributed by atoms with E-state index in [2.05, 4.69) is 19.2 Å². The maximum Gasteiger partial charge on any atom is 0.220 e. The molecule has 2 unspecified atom stereocenters. The fourth-order valence-corrected chi connectivity index (χ4v) is 10.5. The van der Waals surface area contributed by atoms with E-state index in [1.807, 2.05) is 0 Å². The summed E-state index contributed by atoms with van der Waals surface area (Å²) < 4.78 is 0. The van der Waals surface area contributed by atoms with E-state index in [0.29, 0.717) is 12.8 Å². The molecule has 0 heterocycles. The molecule has 0 bridgehead atoms. The third-order valence-corrected chi connectivity index (χ3v) is 15.4. The molecule has 2 atom stereocenters. The van der Waals surface area contributed by atoms with Gasteiger partial charge >= 0.3 is 0 Å². The van der Waals surface area contributed by atoms with Crippen molar-refractivity contribution in [1.29, 1.82) is 0 Å². The van der Waals surface area contributed by atoms with Gasteiger partial charge in [-0.3, -0.25) is 4.79 Å². The Labute approximate surface area is 423 Å². The number of carbonyl (C=O) groups is 1. The monoisotopic (exact) mass is 946 g/mol. The van der Waals surface area contributed by atoms with Crippen molar-refractivity contribution in [2.24, 2.45) is 0 Å². The van der Waals surface area contributed by atoms with E-state index in [4.69, 9.17) is 0 Å². The van der Waals surface area contributed by atoms with Crippen molar-refractivity contribution in [1.82, 2.24) is 5.32 Å². The number of nitrogens with one attached hydrogen (secondary N) is 1. The lowest BCUT2D eigenvalue weighted by Crippen LogP contribution is -2.45. The molecule has 3 N–H and O–H groups in total. The average Bonchev–Trinajstić information content (AvgIpc) is 3.33. The van der Waals surface area contributed by atoms with Gasteiger partial charge in [-0.1, -0.05) is 361 Å². The Morgan fingerprint density at radius 1 is 0.299 bits per heavy atom. The summed E-state index contributed by atoms with van der Waals surface area (Å²) in [6.45, 7) is 4.42. The van der Waals surface area contributed by atoms with Gasteiger partial charge in [-0.15, -0.1) is 0 Å². The molecule has 0 aliphatic rings. The second-order valence-corrected chi connectivity index (χ2v) is 22.2. The fraction of sp³-hybridized carbons (Fsp3) is 0.984. The van der Waals surface area contributed by atoms with Gasteiger partial charge in [-0.25, -0.2) is 0 Å². The molecule has 0 saturated heterocycles. The highest BCUT2D eigenvalue weighted by molar-refractivity contribution is 5.76. The van der Waals surface area contributed by atoms with E-state index >= 15 is 0 Å². The van der Waals surface area contributed by atoms with Crippen molar-refractivity contribution < 1.29 is 15.0 Å². The zero-order valence-electron chi connectivity index (χ0n) is 46.5. The summed E-state index contributed by atoms with van der Waals surface area (Å²) >= 11 is 0. The van der Waals surface area contributed by atoms with Crippen molar-refractivity contribution in [3.63, 3.8) is 0 Å². The number of aliphatic hydroxyl groups excluding tert-OH is 2. The number of rotatable bonds is 60. The molecule has 0 aromatic heterocycles. The molecule has 0 aromatic rings. The largest absolute Gasteiger partial charge is 0.394 e. The highest BCUT2D eigenvalue weighted by Crippen LogP contribution is 2.19. The summed E-state index contributed by atoms with van der Waals surface area (Å²) in [5.74, 6) is -0.0203. The third-order valence-electron chi connectivity index (χ3n) is 15.4. The average molecular weight is 947 g/mol. The van der Waals surface area contributed by atoms with E-state index in [0.717, 1.165) is 25.7 Å². The topological polar surface area (TPSA) is 69.6 Å². The molecule has 0 aliphatic carbocycles. The zero-order chi connectivity index (χ0) is 48.5. The molecule has 67 heavy (non-hydrogen) atoms. The summed E-state index contributed by atoms with van der Waals surface area (Å²) in [5.41, 5.74) is 0. The quantitative estimate of drug-likeness (QED) is 0.0532. The van der Waals surface area contributed by atoms with Crippen LogP contribution in [0.5, 0.6) is 0 Å². The Bertz CT molecular complexity index is 894. The van der Waals surface area contributed by atoms with Crippen LogP contribution in [-0.4, -0.2) is 34.9 Å². The van der Waals surface area contributed by atoms with Crippen LogP contribution in [0.1, 0.15) is 380 Å². The van der Waals surface area contributed by atoms with Crippen molar-refractivity contribution in [2.75, 3.05) is 6.61 Å². The van der Waals surface area contributed by atoms with E-state index in [1.165, 1.54) is 327 Å². The normalized spacial score (nSPS) is 12.6. The van der Waals surface area contributed by atoms with Gasteiger partial charge in [0.05, 0.1) is 18.8 Å². The summed E-state index contributed by atoms with van der Waals surface area (Å²) in [4.78, 5) is 12.5. The van der Waals surface area contributed by atoms with Crippen LogP contribution in [0.2, 0.25) is 0 Å². The van der Waals surface area contributed by atoms with Gasteiger partial charge in [0.1, 0.15) is 0 Å². The smallest absolute Gasteiger partial charge is 0.220 e. The van der Waals surface area contributed by atoms with Gasteiger partial charge in [0, 0.05) is 6.42 Å². The molecule has 4 heteroatoms. The Morgan fingerprint density at radius 3 is 0.672 bits per heavy atom. The van der Waals surface area contributed by atoms with Crippen LogP contribution < -0.4 is 5.32 Å². The molecule has 0 spiro atoms. The highest BCUT2D eigenvalue weighted by Gasteiger charge is 2.20. The summed E-state index contributed by atoms with van der Waals surface area (Å²) in [7, 11) is 0. The first-order chi connectivity index (χ1) is 33.2. The van der Waals surface area contributed by atoms with Crippen LogP contribution in [0.25, 0.3) is 0 Å². The van der Waals surface area contributed by atoms with Gasteiger partial charge < -0.3 is 15.5 Å². The molecule has 0 aliphatic heterocycles. The van der Waals surface area contributed by atoms with Crippen LogP contribution in [0.3, 0.4) is 0 Å². The van der Waals surface area contributed by atoms with Crippen LogP contribution >= 0.6 is 0 Å². The molecular weight excluding hydrogens is 819 g/mol. The summed E-state index contributed by atoms with van der Waals surface area (Å²) in [6.07, 6.45) is 77.0. The number of aliphatic hydroxyl groups is 2. The molecule has 0 saturated carbocycles. The number of unbranched alkanes of at least 4 members (excludes halogenated alkanes) is 53. The minimum Gasteiger partial charge on any atom is -0.394 e. The second-order valence-electron chi connectivity index (χ2n) is 22.2. The molecule has 0 aromatic carbocycles. The number of hydrogen-bond donors (Lipinski definition) is 3. The van der Waals surface area contributed by atoms with Gasteiger partial charge in [0.15, 0.2) is 0 Å². The Morgan fingerprint density at radius 2 is 0.478 bits per heavy atom. The van der Waals surface area contributed by atoms with Gasteiger partial charge in [-0.2, -0.15) is 0 Å². The van der Waals surface area contributed by atoms with Crippen molar-refractivity contribution >= 4 is 5.91 Å². The lowest BCUT2D eigenvalue weighted by molar-refractivity contribution is -0.123. The van der Waals surface area contributed by atoms with Gasteiger partial charge in [-0.05, 0) is 12.8 Å². The molecule has 1 amide bonds. The number of carbonyl (C=O) groups excluding carboxylic acids is 1. The third kappa shape index (κ3) is 56.2. The minimum atomic E-state index is -0.656. The SMILES string of the molecule is CCCCCCCCCCCCCCCCCCCCCCCCCCCCCCCC(O)C(CO)NC(=O)CCCCCCCCCCCCCCCCCCCCCCCCCCCC. The predicted molar refractivity (Wildman–Crippen MR) is 300 cm³/mol. The minimum absolute atomic E-state index is 0.0203. The lowest BCUT2D eigenvalue weighted by atomic mass is 10.0. The van der Waals surface area contributed by atoms with E-state index < -0.39 is 12.1 Å². The lowest BCUT2D eigenvalue weighted by Gasteiger charge is -2.22. The summed E-state index contributed by atoms with van der Waals surface area (Å²) in [6, 6.07) is -0.532. The first-order valence-corrected chi connectivity index (χ1v) is 31.7. The standard InChI is InChI=1S/C63H127NO3/c1-3-5-7-9-11-13-15-17-19-21-23-25-27-29-31-32-33-34-36-38-40-42-44-46-48-50-52-54-56-58-62(66)61(60-65)64-63(67)59-57-55-53-51-49-47-45-43-41-39-37-35-30-28-26-24-22-20-18-16-14-12-10-8-6-4-2/h61-62,65-66H,3-60H2,1-2H3,(H,64,67). The Kier molecular flexibility index (Phi) is 59.2. The summed E-state index contributed by atoms with van der Waals surface area (Å²) in [5, 5.41) is 23.4. The molecular formula is C63H127NO3. The number of amides is 1. The highest BCUT2D eigenvalue weighted by atomic mass is 16.3. The first-order valence-electron chi connectivity index (χ1n) is 31.7. The number of hydrogen-bond acceptors (Lipinski definition) is 3. The van der Waals surface area contributed by atoms with Crippen molar-refractivity contribution in [3.05, 3.63) is 0 Å². The van der Waals surface area contributed by atoms with Crippen LogP contribution in [0.4, 0.5) is 0 Å². The van der Waals surface area contributed by atoms with Crippen LogP contribution in [0.15, 0.2) is 0 Å².